The molecule has 25 heavy (non-hydrogen) atoms. The van der Waals surface area contributed by atoms with Crippen molar-refractivity contribution < 1.29 is 14.4 Å². The summed E-state index contributed by atoms with van der Waals surface area (Å²) in [5.41, 5.74) is -0.708. The minimum atomic E-state index is -0.816. The zero-order chi connectivity index (χ0) is 18.6. The van der Waals surface area contributed by atoms with Gasteiger partial charge in [0.15, 0.2) is 0 Å². The standard InChI is InChI=1S/C19H23ClN2O3/c1-11-5-6-12(20)7-13(11)21-14(23)17(2)8-18(3)10-19(4,9-17)16(25)22-15(18)24/h5-7H,8-10H2,1-4H3,(H,21,23)(H,22,24,25). The number of benzene rings is 1. The van der Waals surface area contributed by atoms with Gasteiger partial charge in [0.05, 0.1) is 0 Å². The van der Waals surface area contributed by atoms with Crippen molar-refractivity contribution >= 4 is 35.0 Å². The molecule has 3 rings (SSSR count). The second-order valence-corrected chi connectivity index (χ2v) is 8.85. The van der Waals surface area contributed by atoms with E-state index in [-0.39, 0.29) is 17.7 Å². The molecule has 2 N–H and O–H groups in total. The average molecular weight is 363 g/mol. The van der Waals surface area contributed by atoms with Gasteiger partial charge in [-0.2, -0.15) is 0 Å². The Morgan fingerprint density at radius 3 is 2.20 bits per heavy atom. The number of imide groups is 1. The molecule has 1 saturated heterocycles. The van der Waals surface area contributed by atoms with Gasteiger partial charge in [-0.25, -0.2) is 0 Å². The highest BCUT2D eigenvalue weighted by atomic mass is 35.5. The molecule has 2 aliphatic rings. The van der Waals surface area contributed by atoms with Crippen LogP contribution in [0.3, 0.4) is 0 Å². The summed E-state index contributed by atoms with van der Waals surface area (Å²) in [6.45, 7) is 7.40. The van der Waals surface area contributed by atoms with E-state index in [1.54, 1.807) is 12.1 Å². The molecule has 1 saturated carbocycles. The Morgan fingerprint density at radius 2 is 1.64 bits per heavy atom. The van der Waals surface area contributed by atoms with Gasteiger partial charge < -0.3 is 5.32 Å². The number of halogens is 1. The van der Waals surface area contributed by atoms with Crippen LogP contribution in [-0.4, -0.2) is 17.7 Å². The number of hydrogen-bond donors (Lipinski definition) is 2. The molecule has 6 heteroatoms. The summed E-state index contributed by atoms with van der Waals surface area (Å²) in [5, 5.41) is 5.97. The molecular weight excluding hydrogens is 340 g/mol. The molecule has 0 spiro atoms. The van der Waals surface area contributed by atoms with Gasteiger partial charge >= 0.3 is 0 Å². The summed E-state index contributed by atoms with van der Waals surface area (Å²) < 4.78 is 0. The van der Waals surface area contributed by atoms with Crippen molar-refractivity contribution in [1.29, 1.82) is 0 Å². The molecule has 0 aromatic heterocycles. The molecule has 1 heterocycles. The number of carbonyl (C=O) groups is 3. The first-order chi connectivity index (χ1) is 11.5. The number of piperidine rings is 1. The summed E-state index contributed by atoms with van der Waals surface area (Å²) in [4.78, 5) is 37.8. The van der Waals surface area contributed by atoms with Gasteiger partial charge in [0.25, 0.3) is 0 Å². The second-order valence-electron chi connectivity index (χ2n) is 8.41. The van der Waals surface area contributed by atoms with Crippen molar-refractivity contribution in [2.75, 3.05) is 5.32 Å². The summed E-state index contributed by atoms with van der Waals surface area (Å²) in [6.07, 6.45) is 1.28. The zero-order valence-corrected chi connectivity index (χ0v) is 15.7. The lowest BCUT2D eigenvalue weighted by molar-refractivity contribution is -0.163. The van der Waals surface area contributed by atoms with E-state index in [0.29, 0.717) is 30.0 Å². The van der Waals surface area contributed by atoms with E-state index in [2.05, 4.69) is 10.6 Å². The largest absolute Gasteiger partial charge is 0.325 e. The van der Waals surface area contributed by atoms with Crippen LogP contribution < -0.4 is 10.6 Å². The van der Waals surface area contributed by atoms with Gasteiger partial charge in [0.1, 0.15) is 0 Å². The minimum Gasteiger partial charge on any atom is -0.325 e. The Bertz CT molecular complexity index is 763. The smallest absolute Gasteiger partial charge is 0.232 e. The lowest BCUT2D eigenvalue weighted by Gasteiger charge is -2.53. The number of anilines is 1. The monoisotopic (exact) mass is 362 g/mol. The SMILES string of the molecule is Cc1ccc(Cl)cc1NC(=O)C1(C)CC2(C)CC(C)(C1)C(=O)NC2=O. The maximum Gasteiger partial charge on any atom is 0.232 e. The molecule has 1 aromatic rings. The van der Waals surface area contributed by atoms with Crippen LogP contribution in [-0.2, 0) is 14.4 Å². The van der Waals surface area contributed by atoms with Crippen LogP contribution in [0.1, 0.15) is 45.6 Å². The fraction of sp³-hybridized carbons (Fsp3) is 0.526. The highest BCUT2D eigenvalue weighted by molar-refractivity contribution is 6.31. The Balaban J connectivity index is 1.93. The maximum atomic E-state index is 13.1. The van der Waals surface area contributed by atoms with Crippen LogP contribution >= 0.6 is 11.6 Å². The first kappa shape index (κ1) is 17.9. The number of carbonyl (C=O) groups excluding carboxylic acids is 3. The van der Waals surface area contributed by atoms with E-state index in [1.807, 2.05) is 33.8 Å². The van der Waals surface area contributed by atoms with Gasteiger partial charge in [-0.15, -0.1) is 0 Å². The molecular formula is C19H23ClN2O3. The van der Waals surface area contributed by atoms with Crippen LogP contribution in [0.25, 0.3) is 0 Å². The zero-order valence-electron chi connectivity index (χ0n) is 15.0. The van der Waals surface area contributed by atoms with Gasteiger partial charge in [-0.3, -0.25) is 19.7 Å². The third-order valence-corrected chi connectivity index (χ3v) is 5.90. The third kappa shape index (κ3) is 2.95. The summed E-state index contributed by atoms with van der Waals surface area (Å²) in [6, 6.07) is 5.32. The number of amides is 3. The number of hydrogen-bond acceptors (Lipinski definition) is 3. The highest BCUT2D eigenvalue weighted by Gasteiger charge is 2.60. The van der Waals surface area contributed by atoms with E-state index in [1.165, 1.54) is 0 Å². The van der Waals surface area contributed by atoms with Crippen molar-refractivity contribution in [3.63, 3.8) is 0 Å². The van der Waals surface area contributed by atoms with Crippen molar-refractivity contribution in [1.82, 2.24) is 5.32 Å². The molecule has 1 aliphatic heterocycles. The van der Waals surface area contributed by atoms with Crippen LogP contribution in [0.15, 0.2) is 18.2 Å². The lowest BCUT2D eigenvalue weighted by Crippen LogP contribution is -2.63. The van der Waals surface area contributed by atoms with Crippen LogP contribution in [0.4, 0.5) is 5.69 Å². The Morgan fingerprint density at radius 1 is 1.08 bits per heavy atom. The van der Waals surface area contributed by atoms with E-state index in [4.69, 9.17) is 11.6 Å². The highest BCUT2D eigenvalue weighted by Crippen LogP contribution is 2.56. The fourth-order valence-corrected chi connectivity index (χ4v) is 4.83. The predicted octanol–water partition coefficient (Wildman–Crippen LogP) is 3.45. The maximum absolute atomic E-state index is 13.1. The molecule has 0 radical (unpaired) electrons. The van der Waals surface area contributed by atoms with E-state index < -0.39 is 16.2 Å². The Kier molecular flexibility index (Phi) is 3.99. The van der Waals surface area contributed by atoms with Gasteiger partial charge in [-0.1, -0.05) is 38.4 Å². The molecule has 2 unspecified atom stereocenters. The van der Waals surface area contributed by atoms with E-state index in [0.717, 1.165) is 5.56 Å². The third-order valence-electron chi connectivity index (χ3n) is 5.66. The van der Waals surface area contributed by atoms with Gasteiger partial charge in [0, 0.05) is 27.0 Å². The van der Waals surface area contributed by atoms with E-state index in [9.17, 15) is 14.4 Å². The Hall–Kier alpha value is -1.88. The minimum absolute atomic E-state index is 0.183. The number of rotatable bonds is 2. The Labute approximate surface area is 152 Å². The van der Waals surface area contributed by atoms with Crippen molar-refractivity contribution in [2.24, 2.45) is 16.2 Å². The molecule has 5 nitrogen and oxygen atoms in total. The number of fused-ring (bicyclic) bond motifs is 2. The molecule has 1 aliphatic carbocycles. The van der Waals surface area contributed by atoms with Gasteiger partial charge in [0.2, 0.25) is 17.7 Å². The molecule has 2 atom stereocenters. The van der Waals surface area contributed by atoms with Crippen LogP contribution in [0.5, 0.6) is 0 Å². The molecule has 1 aromatic carbocycles. The number of nitrogens with one attached hydrogen (secondary N) is 2. The topological polar surface area (TPSA) is 75.3 Å². The van der Waals surface area contributed by atoms with Crippen molar-refractivity contribution in [3.05, 3.63) is 28.8 Å². The van der Waals surface area contributed by atoms with Crippen LogP contribution in [0, 0.1) is 23.2 Å². The molecule has 3 amide bonds. The van der Waals surface area contributed by atoms with Gasteiger partial charge in [-0.05, 0) is 43.9 Å². The van der Waals surface area contributed by atoms with Crippen molar-refractivity contribution in [2.45, 2.75) is 47.0 Å². The fourth-order valence-electron chi connectivity index (χ4n) is 4.66. The second kappa shape index (κ2) is 5.56. The molecule has 2 bridgehead atoms. The predicted molar refractivity (Wildman–Crippen MR) is 96.1 cm³/mol. The lowest BCUT2D eigenvalue weighted by atomic mass is 9.52. The average Bonchev–Trinajstić information content (AvgIpc) is 2.48. The summed E-state index contributed by atoms with van der Waals surface area (Å²) >= 11 is 6.03. The quantitative estimate of drug-likeness (QED) is 0.791. The normalized spacial score (nSPS) is 34.4. The summed E-state index contributed by atoms with van der Waals surface area (Å²) in [5.74, 6) is -0.752. The first-order valence-corrected chi connectivity index (χ1v) is 8.79. The van der Waals surface area contributed by atoms with Crippen LogP contribution in [0.2, 0.25) is 5.02 Å². The first-order valence-electron chi connectivity index (χ1n) is 8.41. The van der Waals surface area contributed by atoms with Crippen molar-refractivity contribution in [3.8, 4) is 0 Å². The number of aryl methyl sites for hydroxylation is 1. The summed E-state index contributed by atoms with van der Waals surface area (Å²) in [7, 11) is 0. The molecule has 134 valence electrons. The molecule has 2 fully saturated rings. The van der Waals surface area contributed by atoms with E-state index >= 15 is 0 Å².